The van der Waals surface area contributed by atoms with Crippen molar-refractivity contribution in [2.75, 3.05) is 17.2 Å². The second-order valence-electron chi connectivity index (χ2n) is 6.36. The summed E-state index contributed by atoms with van der Waals surface area (Å²) in [7, 11) is -15.3. The van der Waals surface area contributed by atoms with Gasteiger partial charge in [-0.15, -0.1) is 0 Å². The van der Waals surface area contributed by atoms with Crippen molar-refractivity contribution in [3.05, 3.63) is 72.8 Å². The van der Waals surface area contributed by atoms with E-state index >= 15 is 0 Å². The monoisotopic (exact) mass is 482 g/mol. The molecule has 0 aromatic heterocycles. The van der Waals surface area contributed by atoms with E-state index in [9.17, 15) is 25.3 Å². The average molecular weight is 483 g/mol. The van der Waals surface area contributed by atoms with Crippen molar-refractivity contribution >= 4 is 47.1 Å². The number of sulfonamides is 3. The van der Waals surface area contributed by atoms with Crippen molar-refractivity contribution in [1.29, 1.82) is 0 Å². The Hall–Kier alpha value is -3.13. The van der Waals surface area contributed by atoms with Gasteiger partial charge in [-0.25, -0.2) is 25.3 Å². The van der Waals surface area contributed by atoms with Crippen molar-refractivity contribution in [1.82, 2.24) is 3.12 Å². The zero-order valence-corrected chi connectivity index (χ0v) is 18.2. The molecule has 31 heavy (non-hydrogen) atoms. The zero-order valence-electron chi connectivity index (χ0n) is 15.8. The van der Waals surface area contributed by atoms with Crippen LogP contribution >= 0.6 is 0 Å². The minimum Gasteiger partial charge on any atom is -0.399 e. The fraction of sp³-hybridized carbons (Fsp3) is 0. The zero-order chi connectivity index (χ0) is 23.0. The van der Waals surface area contributed by atoms with Gasteiger partial charge in [0.1, 0.15) is 0 Å². The first kappa shape index (κ1) is 22.6. The molecule has 0 spiro atoms. The predicted molar refractivity (Wildman–Crippen MR) is 116 cm³/mol. The van der Waals surface area contributed by atoms with Gasteiger partial charge in [0.05, 0.1) is 14.7 Å². The molecule has 3 rings (SSSR count). The van der Waals surface area contributed by atoms with Crippen molar-refractivity contribution in [3.63, 3.8) is 0 Å². The first-order valence-corrected chi connectivity index (χ1v) is 12.8. The van der Waals surface area contributed by atoms with E-state index in [1.807, 2.05) is 0 Å². The number of anilines is 3. The van der Waals surface area contributed by atoms with E-state index in [0.29, 0.717) is 0 Å². The Bertz CT molecular complexity index is 1240. The summed E-state index contributed by atoms with van der Waals surface area (Å²) in [6, 6.07) is 13.3. The van der Waals surface area contributed by atoms with Crippen molar-refractivity contribution in [2.24, 2.45) is 0 Å². The number of nitrogens with two attached hydrogens (primary N) is 3. The smallest absolute Gasteiger partial charge is 0.270 e. The molecule has 6 N–H and O–H groups in total. The van der Waals surface area contributed by atoms with E-state index in [1.165, 1.54) is 36.4 Å². The highest BCUT2D eigenvalue weighted by atomic mass is 32.3. The molecule has 0 aliphatic carbocycles. The fourth-order valence-corrected chi connectivity index (χ4v) is 9.17. The quantitative estimate of drug-likeness (QED) is 0.434. The normalized spacial score (nSPS) is 12.7. The Balaban J connectivity index is 2.32. The van der Waals surface area contributed by atoms with Gasteiger partial charge in [0, 0.05) is 20.2 Å². The second kappa shape index (κ2) is 7.85. The fourth-order valence-electron chi connectivity index (χ4n) is 2.57. The van der Waals surface area contributed by atoms with E-state index in [4.69, 9.17) is 17.2 Å². The van der Waals surface area contributed by atoms with Crippen LogP contribution in [0.25, 0.3) is 0 Å². The van der Waals surface area contributed by atoms with Crippen molar-refractivity contribution in [3.8, 4) is 0 Å². The van der Waals surface area contributed by atoms with Crippen LogP contribution in [0.15, 0.2) is 87.5 Å². The van der Waals surface area contributed by atoms with E-state index in [1.54, 1.807) is 0 Å². The number of hydrogen-bond acceptors (Lipinski definition) is 9. The molecule has 0 aliphatic heterocycles. The minimum absolute atomic E-state index is 0.202. The third-order valence-electron chi connectivity index (χ3n) is 4.12. The van der Waals surface area contributed by atoms with Crippen LogP contribution in [0.3, 0.4) is 0 Å². The second-order valence-corrected chi connectivity index (χ2v) is 12.4. The maximum atomic E-state index is 13.3. The van der Waals surface area contributed by atoms with Gasteiger partial charge in [-0.05, 0) is 72.8 Å². The standard InChI is InChI=1S/C18H18N4O6S3/c19-13-1-7-16(8-2-13)29(23,24)22(30(25,26)17-9-3-14(20)4-10-17)31(27,28)18-11-5-15(21)6-12-18/h1-12H,19-21H2. The lowest BCUT2D eigenvalue weighted by molar-refractivity contribution is 0.529. The molecule has 0 unspecified atom stereocenters. The number of nitrogens with zero attached hydrogens (tertiary/aromatic N) is 1. The topological polar surface area (TPSA) is 184 Å². The molecular weight excluding hydrogens is 464 g/mol. The molecule has 13 heteroatoms. The maximum Gasteiger partial charge on any atom is 0.270 e. The highest BCUT2D eigenvalue weighted by Crippen LogP contribution is 2.32. The van der Waals surface area contributed by atoms with Gasteiger partial charge in [-0.2, -0.15) is 0 Å². The van der Waals surface area contributed by atoms with Crippen LogP contribution in [0.2, 0.25) is 0 Å². The summed E-state index contributed by atoms with van der Waals surface area (Å²) in [5, 5.41) is 0. The molecule has 0 amide bonds. The van der Waals surface area contributed by atoms with Gasteiger partial charge < -0.3 is 17.2 Å². The Morgan fingerprint density at radius 1 is 0.419 bits per heavy atom. The van der Waals surface area contributed by atoms with Gasteiger partial charge in [0.2, 0.25) is 0 Å². The molecule has 3 aromatic rings. The molecule has 10 nitrogen and oxygen atoms in total. The number of rotatable bonds is 6. The molecule has 0 heterocycles. The van der Waals surface area contributed by atoms with E-state index in [2.05, 4.69) is 0 Å². The summed E-state index contributed by atoms with van der Waals surface area (Å²) >= 11 is 0. The van der Waals surface area contributed by atoms with Crippen LogP contribution in [0, 0.1) is 0 Å². The summed E-state index contributed by atoms with van der Waals surface area (Å²) in [6.07, 6.45) is 0. The van der Waals surface area contributed by atoms with Crippen LogP contribution in [-0.2, 0) is 30.1 Å². The van der Waals surface area contributed by atoms with Crippen LogP contribution < -0.4 is 17.2 Å². The predicted octanol–water partition coefficient (Wildman–Crippen LogP) is 1.20. The summed E-state index contributed by atoms with van der Waals surface area (Å²) < 4.78 is 79.3. The summed E-state index contributed by atoms with van der Waals surface area (Å²) in [4.78, 5) is -1.75. The Morgan fingerprint density at radius 3 is 0.806 bits per heavy atom. The average Bonchev–Trinajstić information content (AvgIpc) is 2.68. The van der Waals surface area contributed by atoms with Gasteiger partial charge in [0.15, 0.2) is 0 Å². The molecule has 164 valence electrons. The Kier molecular flexibility index (Phi) is 5.71. The van der Waals surface area contributed by atoms with Crippen LogP contribution in [0.4, 0.5) is 17.1 Å². The number of hydrogen-bond donors (Lipinski definition) is 3. The minimum atomic E-state index is -5.11. The van der Waals surface area contributed by atoms with Crippen LogP contribution in [-0.4, -0.2) is 28.4 Å². The van der Waals surface area contributed by atoms with Crippen LogP contribution in [0.5, 0.6) is 0 Å². The number of nitrogen functional groups attached to an aromatic ring is 3. The third-order valence-corrected chi connectivity index (χ3v) is 11.4. The molecule has 0 atom stereocenters. The lowest BCUT2D eigenvalue weighted by atomic mass is 10.3. The van der Waals surface area contributed by atoms with E-state index in [0.717, 1.165) is 36.4 Å². The first-order chi connectivity index (χ1) is 14.4. The molecule has 0 fully saturated rings. The lowest BCUT2D eigenvalue weighted by Crippen LogP contribution is -2.41. The Morgan fingerprint density at radius 2 is 0.613 bits per heavy atom. The van der Waals surface area contributed by atoms with Crippen LogP contribution in [0.1, 0.15) is 0 Å². The summed E-state index contributed by atoms with van der Waals surface area (Å²) in [6.45, 7) is 0. The lowest BCUT2D eigenvalue weighted by Gasteiger charge is -2.22. The third kappa shape index (κ3) is 4.20. The Labute approximate surface area is 180 Å². The van der Waals surface area contributed by atoms with Gasteiger partial charge >= 0.3 is 0 Å². The maximum absolute atomic E-state index is 13.3. The highest BCUT2D eigenvalue weighted by Gasteiger charge is 2.47. The van der Waals surface area contributed by atoms with Crippen molar-refractivity contribution < 1.29 is 25.3 Å². The van der Waals surface area contributed by atoms with E-state index in [-0.39, 0.29) is 17.1 Å². The first-order valence-electron chi connectivity index (χ1n) is 8.49. The van der Waals surface area contributed by atoms with Crippen molar-refractivity contribution in [2.45, 2.75) is 14.7 Å². The largest absolute Gasteiger partial charge is 0.399 e. The number of benzene rings is 3. The molecule has 0 aliphatic rings. The van der Waals surface area contributed by atoms with Gasteiger partial charge in [-0.1, -0.05) is 0 Å². The molecule has 0 bridgehead atoms. The molecule has 0 saturated heterocycles. The summed E-state index contributed by atoms with van der Waals surface area (Å²) in [5.74, 6) is 0. The highest BCUT2D eigenvalue weighted by molar-refractivity contribution is 8.17. The van der Waals surface area contributed by atoms with Gasteiger partial charge in [-0.3, -0.25) is 0 Å². The molecule has 0 radical (unpaired) electrons. The molecule has 3 aromatic carbocycles. The molecule has 0 saturated carbocycles. The van der Waals surface area contributed by atoms with E-state index < -0.39 is 47.9 Å². The summed E-state index contributed by atoms with van der Waals surface area (Å²) in [5.41, 5.74) is 17.3. The SMILES string of the molecule is Nc1ccc(S(=O)(=O)N(S(=O)(=O)c2ccc(N)cc2)S(=O)(=O)c2ccc(N)cc2)cc1. The van der Waals surface area contributed by atoms with Gasteiger partial charge in [0.25, 0.3) is 30.1 Å². The molecular formula is C18H18N4O6S3.